The summed E-state index contributed by atoms with van der Waals surface area (Å²) in [6.45, 7) is 5.53. The monoisotopic (exact) mass is 450 g/mol. The number of hydrogen-bond donors (Lipinski definition) is 0. The molecule has 0 spiro atoms. The molecule has 0 N–H and O–H groups in total. The zero-order valence-electron chi connectivity index (χ0n) is 18.1. The van der Waals surface area contributed by atoms with Gasteiger partial charge >= 0.3 is 0 Å². The molecule has 3 aromatic rings. The van der Waals surface area contributed by atoms with Gasteiger partial charge < -0.3 is 9.64 Å². The quantitative estimate of drug-likeness (QED) is 0.608. The van der Waals surface area contributed by atoms with Gasteiger partial charge in [-0.2, -0.15) is 4.31 Å². The van der Waals surface area contributed by atoms with Crippen LogP contribution in [0.5, 0.6) is 0 Å². The van der Waals surface area contributed by atoms with E-state index in [0.717, 1.165) is 35.5 Å². The minimum Gasteiger partial charge on any atom is -0.378 e. The van der Waals surface area contributed by atoms with Crippen LogP contribution in [-0.2, 0) is 27.7 Å². The topological polar surface area (TPSA) is 75.6 Å². The molecule has 0 saturated carbocycles. The summed E-state index contributed by atoms with van der Waals surface area (Å²) in [5.41, 5.74) is 5.06. The lowest BCUT2D eigenvalue weighted by atomic mass is 10.0. The Morgan fingerprint density at radius 1 is 0.906 bits per heavy atom. The summed E-state index contributed by atoms with van der Waals surface area (Å²) in [4.78, 5) is 11.6. The molecule has 2 aliphatic heterocycles. The molecule has 5 rings (SSSR count). The normalized spacial score (nSPS) is 17.2. The summed E-state index contributed by atoms with van der Waals surface area (Å²) >= 11 is 0. The number of benzene rings is 2. The zero-order chi connectivity index (χ0) is 22.1. The van der Waals surface area contributed by atoms with Gasteiger partial charge in [0, 0.05) is 25.8 Å². The summed E-state index contributed by atoms with van der Waals surface area (Å²) in [6.07, 6.45) is 2.45. The number of aromatic nitrogens is 2. The molecule has 0 atom stereocenters. The lowest BCUT2D eigenvalue weighted by Crippen LogP contribution is -2.39. The molecular weight excluding hydrogens is 424 g/mol. The molecule has 0 unspecified atom stereocenters. The average Bonchev–Trinajstić information content (AvgIpc) is 2.84. The fourth-order valence-corrected chi connectivity index (χ4v) is 5.51. The lowest BCUT2D eigenvalue weighted by molar-refractivity contribution is 0.122. The van der Waals surface area contributed by atoms with E-state index in [1.54, 1.807) is 12.1 Å². The van der Waals surface area contributed by atoms with Crippen molar-refractivity contribution < 1.29 is 13.2 Å². The Kier molecular flexibility index (Phi) is 5.67. The third kappa shape index (κ3) is 4.13. The van der Waals surface area contributed by atoms with Gasteiger partial charge in [0.25, 0.3) is 0 Å². The van der Waals surface area contributed by atoms with E-state index in [9.17, 15) is 8.42 Å². The van der Waals surface area contributed by atoms with E-state index >= 15 is 0 Å². The average molecular weight is 451 g/mol. The maximum atomic E-state index is 13.3. The molecule has 1 fully saturated rings. The Bertz CT molecular complexity index is 1200. The molecular formula is C24H26N4O3S. The number of fused-ring (bicyclic) bond motifs is 1. The summed E-state index contributed by atoms with van der Waals surface area (Å²) in [5, 5.41) is 0. The van der Waals surface area contributed by atoms with Gasteiger partial charge in [0.1, 0.15) is 0 Å². The van der Waals surface area contributed by atoms with Crippen LogP contribution in [0.1, 0.15) is 16.8 Å². The van der Waals surface area contributed by atoms with Crippen molar-refractivity contribution in [3.63, 3.8) is 0 Å². The number of aryl methyl sites for hydroxylation is 1. The minimum absolute atomic E-state index is 0.261. The van der Waals surface area contributed by atoms with Crippen LogP contribution in [0.25, 0.3) is 11.1 Å². The Morgan fingerprint density at radius 3 is 2.25 bits per heavy atom. The van der Waals surface area contributed by atoms with Crippen LogP contribution in [0.2, 0.25) is 0 Å². The fraction of sp³-hybridized carbons (Fsp3) is 0.333. The van der Waals surface area contributed by atoms with Crippen molar-refractivity contribution in [3.8, 4) is 11.1 Å². The molecule has 32 heavy (non-hydrogen) atoms. The smallest absolute Gasteiger partial charge is 0.243 e. The van der Waals surface area contributed by atoms with E-state index in [0.29, 0.717) is 37.0 Å². The Morgan fingerprint density at radius 2 is 1.56 bits per heavy atom. The molecule has 0 bridgehead atoms. The van der Waals surface area contributed by atoms with E-state index in [2.05, 4.69) is 22.0 Å². The highest BCUT2D eigenvalue weighted by Gasteiger charge is 2.30. The van der Waals surface area contributed by atoms with E-state index in [1.165, 1.54) is 9.87 Å². The highest BCUT2D eigenvalue weighted by atomic mass is 32.2. The van der Waals surface area contributed by atoms with Gasteiger partial charge in [-0.05, 0) is 42.2 Å². The summed E-state index contributed by atoms with van der Waals surface area (Å²) in [5.74, 6) is 0.647. The second kappa shape index (κ2) is 8.61. The van der Waals surface area contributed by atoms with Gasteiger partial charge in [-0.15, -0.1) is 0 Å². The van der Waals surface area contributed by atoms with Crippen LogP contribution in [0.4, 0.5) is 5.95 Å². The van der Waals surface area contributed by atoms with Crippen molar-refractivity contribution in [3.05, 3.63) is 71.5 Å². The van der Waals surface area contributed by atoms with E-state index < -0.39 is 10.0 Å². The molecule has 7 nitrogen and oxygen atoms in total. The maximum Gasteiger partial charge on any atom is 0.243 e. The van der Waals surface area contributed by atoms with Crippen LogP contribution in [0.3, 0.4) is 0 Å². The number of ether oxygens (including phenoxy) is 1. The fourth-order valence-electron chi connectivity index (χ4n) is 4.10. The number of rotatable bonds is 4. The third-order valence-corrected chi connectivity index (χ3v) is 7.93. The van der Waals surface area contributed by atoms with Crippen LogP contribution in [0, 0.1) is 6.92 Å². The van der Waals surface area contributed by atoms with Gasteiger partial charge in [0.2, 0.25) is 16.0 Å². The molecule has 2 aromatic carbocycles. The number of sulfonamides is 1. The number of hydrogen-bond acceptors (Lipinski definition) is 6. The van der Waals surface area contributed by atoms with Crippen LogP contribution in [-0.4, -0.2) is 55.5 Å². The first kappa shape index (κ1) is 21.1. The molecule has 0 aliphatic carbocycles. The predicted octanol–water partition coefficient (Wildman–Crippen LogP) is 3.04. The molecule has 2 aliphatic rings. The van der Waals surface area contributed by atoms with Gasteiger partial charge in [0.15, 0.2) is 0 Å². The molecule has 0 amide bonds. The Hall–Kier alpha value is -2.81. The van der Waals surface area contributed by atoms with Gasteiger partial charge in [-0.25, -0.2) is 18.4 Å². The standard InChI is InChI=1S/C24H26N4O3S/c1-18-2-4-19(5-3-18)20-6-8-22(9-7-20)32(29,30)28-11-10-21-16-25-24(26-23(21)17-28)27-12-14-31-15-13-27/h2-9,16H,10-15,17H2,1H3. The predicted molar refractivity (Wildman–Crippen MR) is 123 cm³/mol. The maximum absolute atomic E-state index is 13.3. The van der Waals surface area contributed by atoms with Crippen molar-refractivity contribution in [2.75, 3.05) is 37.7 Å². The van der Waals surface area contributed by atoms with Crippen LogP contribution >= 0.6 is 0 Å². The van der Waals surface area contributed by atoms with E-state index in [-0.39, 0.29) is 6.54 Å². The molecule has 166 valence electrons. The molecule has 1 saturated heterocycles. The Labute approximate surface area is 188 Å². The molecule has 8 heteroatoms. The lowest BCUT2D eigenvalue weighted by Gasteiger charge is -2.30. The first-order chi connectivity index (χ1) is 15.5. The van der Waals surface area contributed by atoms with Crippen molar-refractivity contribution in [2.24, 2.45) is 0 Å². The van der Waals surface area contributed by atoms with Crippen LogP contribution in [0.15, 0.2) is 59.6 Å². The van der Waals surface area contributed by atoms with Crippen molar-refractivity contribution in [2.45, 2.75) is 24.8 Å². The summed E-state index contributed by atoms with van der Waals surface area (Å²) in [7, 11) is -3.61. The largest absolute Gasteiger partial charge is 0.378 e. The first-order valence-electron chi connectivity index (χ1n) is 10.9. The Balaban J connectivity index is 1.36. The second-order valence-electron chi connectivity index (χ2n) is 8.22. The van der Waals surface area contributed by atoms with Gasteiger partial charge in [-0.1, -0.05) is 42.0 Å². The zero-order valence-corrected chi connectivity index (χ0v) is 18.9. The van der Waals surface area contributed by atoms with E-state index in [4.69, 9.17) is 9.72 Å². The number of morpholine rings is 1. The first-order valence-corrected chi connectivity index (χ1v) is 12.3. The van der Waals surface area contributed by atoms with E-state index in [1.807, 2.05) is 37.4 Å². The third-order valence-electron chi connectivity index (χ3n) is 6.07. The number of anilines is 1. The summed E-state index contributed by atoms with van der Waals surface area (Å²) in [6, 6.07) is 15.3. The SMILES string of the molecule is Cc1ccc(-c2ccc(S(=O)(=O)N3CCc4cnc(N5CCOCC5)nc4C3)cc2)cc1. The minimum atomic E-state index is -3.61. The van der Waals surface area contributed by atoms with Crippen LogP contribution < -0.4 is 4.90 Å². The van der Waals surface area contributed by atoms with Crippen molar-refractivity contribution in [1.29, 1.82) is 0 Å². The molecule has 0 radical (unpaired) electrons. The second-order valence-corrected chi connectivity index (χ2v) is 10.2. The van der Waals surface area contributed by atoms with Gasteiger partial charge in [-0.3, -0.25) is 0 Å². The molecule has 1 aromatic heterocycles. The highest BCUT2D eigenvalue weighted by Crippen LogP contribution is 2.27. The summed E-state index contributed by atoms with van der Waals surface area (Å²) < 4.78 is 33.6. The van der Waals surface area contributed by atoms with Gasteiger partial charge in [0.05, 0.1) is 30.3 Å². The van der Waals surface area contributed by atoms with Crippen molar-refractivity contribution >= 4 is 16.0 Å². The van der Waals surface area contributed by atoms with Crippen molar-refractivity contribution in [1.82, 2.24) is 14.3 Å². The molecule has 3 heterocycles. The highest BCUT2D eigenvalue weighted by molar-refractivity contribution is 7.89. The number of nitrogens with zero attached hydrogens (tertiary/aromatic N) is 4.